The van der Waals surface area contributed by atoms with Crippen molar-refractivity contribution in [3.63, 3.8) is 0 Å². The van der Waals surface area contributed by atoms with Gasteiger partial charge in [-0.05, 0) is 44.0 Å². The van der Waals surface area contributed by atoms with E-state index in [2.05, 4.69) is 36.9 Å². The maximum Gasteiger partial charge on any atom is 0.225 e. The van der Waals surface area contributed by atoms with E-state index in [9.17, 15) is 0 Å². The van der Waals surface area contributed by atoms with Gasteiger partial charge >= 0.3 is 0 Å². The topological polar surface area (TPSA) is 45.2 Å². The summed E-state index contributed by atoms with van der Waals surface area (Å²) in [6.45, 7) is 5.45. The fourth-order valence-corrected chi connectivity index (χ4v) is 4.06. The van der Waals surface area contributed by atoms with Gasteiger partial charge in [0.25, 0.3) is 0 Å². The first-order valence-corrected chi connectivity index (χ1v) is 8.47. The van der Waals surface area contributed by atoms with Crippen molar-refractivity contribution in [3.05, 3.63) is 48.5 Å². The summed E-state index contributed by atoms with van der Waals surface area (Å²) in [6.07, 6.45) is 9.39. The monoisotopic (exact) mass is 309 g/mol. The van der Waals surface area contributed by atoms with Gasteiger partial charge in [0.2, 0.25) is 5.95 Å². The van der Waals surface area contributed by atoms with E-state index in [4.69, 9.17) is 0 Å². The first kappa shape index (κ1) is 14.6. The van der Waals surface area contributed by atoms with Crippen molar-refractivity contribution in [3.8, 4) is 0 Å². The molecule has 1 spiro atoms. The lowest BCUT2D eigenvalue weighted by Gasteiger charge is -2.40. The fraction of sp³-hybridized carbons (Fsp3) is 0.500. The van der Waals surface area contributed by atoms with Crippen LogP contribution in [0.4, 0.5) is 5.95 Å². The van der Waals surface area contributed by atoms with E-state index < -0.39 is 0 Å². The molecule has 0 saturated carbocycles. The average molecular weight is 309 g/mol. The third-order valence-electron chi connectivity index (χ3n) is 5.13. The summed E-state index contributed by atoms with van der Waals surface area (Å²) in [5.41, 5.74) is 1.57. The quantitative estimate of drug-likeness (QED) is 0.871. The molecule has 0 radical (unpaired) electrons. The molecular weight excluding hydrogens is 286 g/mol. The molecule has 23 heavy (non-hydrogen) atoms. The van der Waals surface area contributed by atoms with Crippen LogP contribution in [0.5, 0.6) is 0 Å². The lowest BCUT2D eigenvalue weighted by atomic mass is 9.79. The minimum absolute atomic E-state index is 0.395. The Labute approximate surface area is 137 Å². The molecule has 4 heterocycles. The molecule has 2 aliphatic heterocycles. The third kappa shape index (κ3) is 3.20. The molecule has 2 fully saturated rings. The molecule has 0 unspecified atom stereocenters. The van der Waals surface area contributed by atoms with E-state index in [1.807, 2.05) is 30.7 Å². The summed E-state index contributed by atoms with van der Waals surface area (Å²) in [7, 11) is 0. The number of pyridine rings is 1. The SMILES string of the molecule is c1ccc(CN2CCC[C@@]3(CCN(c4ncccn4)C3)C2)nc1. The fourth-order valence-electron chi connectivity index (χ4n) is 4.06. The third-order valence-corrected chi connectivity index (χ3v) is 5.13. The van der Waals surface area contributed by atoms with Gasteiger partial charge in [0, 0.05) is 50.2 Å². The van der Waals surface area contributed by atoms with Crippen molar-refractivity contribution >= 4 is 5.95 Å². The predicted octanol–water partition coefficient (Wildman–Crippen LogP) is 2.36. The number of nitrogens with zero attached hydrogens (tertiary/aromatic N) is 5. The van der Waals surface area contributed by atoms with Crippen molar-refractivity contribution in [1.29, 1.82) is 0 Å². The molecule has 5 heteroatoms. The van der Waals surface area contributed by atoms with Crippen molar-refractivity contribution in [1.82, 2.24) is 19.9 Å². The highest BCUT2D eigenvalue weighted by Crippen LogP contribution is 2.40. The van der Waals surface area contributed by atoms with Gasteiger partial charge in [-0.25, -0.2) is 9.97 Å². The highest BCUT2D eigenvalue weighted by Gasteiger charge is 2.42. The Morgan fingerprint density at radius 3 is 2.61 bits per heavy atom. The summed E-state index contributed by atoms with van der Waals surface area (Å²) < 4.78 is 0. The Morgan fingerprint density at radius 2 is 1.78 bits per heavy atom. The molecule has 0 aliphatic carbocycles. The van der Waals surface area contributed by atoms with Crippen LogP contribution in [-0.4, -0.2) is 46.0 Å². The molecule has 0 bridgehead atoms. The molecule has 4 rings (SSSR count). The summed E-state index contributed by atoms with van der Waals surface area (Å²) in [6, 6.07) is 8.06. The van der Waals surface area contributed by atoms with Crippen LogP contribution in [0.2, 0.25) is 0 Å². The van der Waals surface area contributed by atoms with Gasteiger partial charge in [0.1, 0.15) is 0 Å². The first-order valence-electron chi connectivity index (χ1n) is 8.47. The van der Waals surface area contributed by atoms with E-state index in [1.54, 1.807) is 0 Å². The minimum Gasteiger partial charge on any atom is -0.340 e. The van der Waals surface area contributed by atoms with Crippen LogP contribution < -0.4 is 4.90 Å². The van der Waals surface area contributed by atoms with Gasteiger partial charge in [-0.3, -0.25) is 9.88 Å². The van der Waals surface area contributed by atoms with E-state index in [0.29, 0.717) is 5.41 Å². The van der Waals surface area contributed by atoms with Crippen molar-refractivity contribution in [2.24, 2.45) is 5.41 Å². The van der Waals surface area contributed by atoms with E-state index in [-0.39, 0.29) is 0 Å². The van der Waals surface area contributed by atoms with Crippen LogP contribution in [0.3, 0.4) is 0 Å². The maximum atomic E-state index is 4.48. The zero-order valence-corrected chi connectivity index (χ0v) is 13.4. The lowest BCUT2D eigenvalue weighted by molar-refractivity contribution is 0.0981. The minimum atomic E-state index is 0.395. The van der Waals surface area contributed by atoms with Crippen molar-refractivity contribution < 1.29 is 0 Å². The van der Waals surface area contributed by atoms with Crippen molar-refractivity contribution in [2.45, 2.75) is 25.8 Å². The Hall–Kier alpha value is -2.01. The Morgan fingerprint density at radius 1 is 0.913 bits per heavy atom. The van der Waals surface area contributed by atoms with Gasteiger partial charge in [-0.2, -0.15) is 0 Å². The molecular formula is C18H23N5. The van der Waals surface area contributed by atoms with Gasteiger partial charge in [0.15, 0.2) is 0 Å². The van der Waals surface area contributed by atoms with E-state index >= 15 is 0 Å². The second-order valence-corrected chi connectivity index (χ2v) is 6.86. The lowest BCUT2D eigenvalue weighted by Crippen LogP contribution is -2.44. The number of hydrogen-bond acceptors (Lipinski definition) is 5. The molecule has 1 atom stereocenters. The number of anilines is 1. The van der Waals surface area contributed by atoms with Crippen LogP contribution in [-0.2, 0) is 6.54 Å². The van der Waals surface area contributed by atoms with E-state index in [0.717, 1.165) is 32.1 Å². The normalized spacial score (nSPS) is 25.1. The van der Waals surface area contributed by atoms with Gasteiger partial charge in [-0.1, -0.05) is 6.07 Å². The van der Waals surface area contributed by atoms with Gasteiger partial charge in [0.05, 0.1) is 5.69 Å². The Kier molecular flexibility index (Phi) is 3.95. The molecule has 0 amide bonds. The predicted molar refractivity (Wildman–Crippen MR) is 90.0 cm³/mol. The summed E-state index contributed by atoms with van der Waals surface area (Å²) in [5.74, 6) is 0.881. The van der Waals surface area contributed by atoms with Crippen LogP contribution in [0.15, 0.2) is 42.9 Å². The first-order chi connectivity index (χ1) is 11.3. The van der Waals surface area contributed by atoms with E-state index in [1.165, 1.54) is 31.5 Å². The van der Waals surface area contributed by atoms with Crippen LogP contribution >= 0.6 is 0 Å². The number of aromatic nitrogens is 3. The summed E-state index contributed by atoms with van der Waals surface area (Å²) in [5, 5.41) is 0. The molecule has 2 saturated heterocycles. The molecule has 0 N–H and O–H groups in total. The number of hydrogen-bond donors (Lipinski definition) is 0. The smallest absolute Gasteiger partial charge is 0.225 e. The molecule has 5 nitrogen and oxygen atoms in total. The number of rotatable bonds is 3. The largest absolute Gasteiger partial charge is 0.340 e. The highest BCUT2D eigenvalue weighted by molar-refractivity contribution is 5.32. The van der Waals surface area contributed by atoms with Crippen LogP contribution in [0.25, 0.3) is 0 Å². The van der Waals surface area contributed by atoms with Crippen LogP contribution in [0, 0.1) is 5.41 Å². The summed E-state index contributed by atoms with van der Waals surface area (Å²) >= 11 is 0. The number of likely N-dealkylation sites (tertiary alicyclic amines) is 1. The Balaban J connectivity index is 1.43. The second-order valence-electron chi connectivity index (χ2n) is 6.86. The maximum absolute atomic E-state index is 4.48. The second kappa shape index (κ2) is 6.24. The molecule has 2 aromatic heterocycles. The molecule has 0 aromatic carbocycles. The zero-order valence-electron chi connectivity index (χ0n) is 13.4. The van der Waals surface area contributed by atoms with Gasteiger partial charge in [-0.15, -0.1) is 0 Å². The Bertz CT molecular complexity index is 632. The summed E-state index contributed by atoms with van der Waals surface area (Å²) in [4.78, 5) is 18.2. The van der Waals surface area contributed by atoms with Crippen molar-refractivity contribution in [2.75, 3.05) is 31.1 Å². The van der Waals surface area contributed by atoms with Crippen LogP contribution in [0.1, 0.15) is 25.0 Å². The van der Waals surface area contributed by atoms with Gasteiger partial charge < -0.3 is 4.90 Å². The standard InChI is InChI=1S/C18H23N5/c1-2-8-19-16(5-1)13-22-11-3-6-18(14-22)7-12-23(15-18)17-20-9-4-10-21-17/h1-2,4-5,8-10H,3,6-7,11-15H2/t18-/m1/s1. The zero-order chi connectivity index (χ0) is 15.5. The number of piperidine rings is 1. The molecule has 2 aromatic rings. The molecule has 120 valence electrons. The highest BCUT2D eigenvalue weighted by atomic mass is 15.3. The average Bonchev–Trinajstić information content (AvgIpc) is 3.00. The molecule has 2 aliphatic rings.